The van der Waals surface area contributed by atoms with Gasteiger partial charge in [0.2, 0.25) is 5.91 Å². The van der Waals surface area contributed by atoms with Gasteiger partial charge < -0.3 is 15.3 Å². The molecule has 314 valence electrons. The van der Waals surface area contributed by atoms with Crippen molar-refractivity contribution in [3.05, 3.63) is 113 Å². The molecule has 0 aromatic carbocycles. The second-order valence-corrected chi connectivity index (χ2v) is 14.8. The summed E-state index contributed by atoms with van der Waals surface area (Å²) in [6.07, 6.45) is 15.8. The van der Waals surface area contributed by atoms with Crippen LogP contribution in [0, 0.1) is 0 Å². The van der Waals surface area contributed by atoms with Crippen molar-refractivity contribution < 1.29 is 44.3 Å². The normalized spacial score (nSPS) is 9.92. The standard InChI is InChI=1S/C12H13ClN4O.C11H10ClN3O.C10H11ClN4.C4H9O.C2H5Br.ClH.Na/c1-3-16(9(2)18)11-8-17(15-12(11)13)10-5-4-6-14-7-10;1-8(16)5-9-7-15(14-11(9)12)10-3-2-4-13-6-10;1-2-13-9-7-15(14-10(9)11)8-4-3-5-12-6-8;1-4(2,3)5;1-2-3;;/h4-8H,3H2,1-2H3;2-4,6-7H,5H2,1H3;3-7,13H,2H2,1H3;1-3H3;2H2,1H3;1H;/q;;;-1;;;+1. The average molecular weight is 965 g/mol. The molecule has 0 atom stereocenters. The number of aromatic nitrogens is 9. The number of nitrogens with zero attached hydrogens (tertiary/aromatic N) is 10. The van der Waals surface area contributed by atoms with E-state index in [9.17, 15) is 14.7 Å². The topological polar surface area (TPSA) is 165 Å². The summed E-state index contributed by atoms with van der Waals surface area (Å²) in [7, 11) is 0. The SMILES string of the molecule is CC(=O)Cc1cn(-c2cccnc2)nc1Cl.CC(C)(C)[O-].CCBr.CCN(C(C)=O)c1cn(-c2cccnc2)nc1Cl.CCNc1cn(-c2cccnc2)nc1Cl.Cl.[Na+]. The van der Waals surface area contributed by atoms with Crippen LogP contribution in [0.5, 0.6) is 0 Å². The van der Waals surface area contributed by atoms with E-state index in [1.165, 1.54) is 13.8 Å². The van der Waals surface area contributed by atoms with Crippen molar-refractivity contribution in [3.8, 4) is 17.1 Å². The van der Waals surface area contributed by atoms with E-state index in [1.54, 1.807) is 89.3 Å². The number of amides is 1. The molecule has 0 radical (unpaired) electrons. The fourth-order valence-electron chi connectivity index (χ4n) is 4.39. The minimum atomic E-state index is -0.750. The smallest absolute Gasteiger partial charge is 0.850 e. The molecule has 0 aliphatic rings. The van der Waals surface area contributed by atoms with Crippen LogP contribution in [-0.4, -0.2) is 80.0 Å². The van der Waals surface area contributed by atoms with Crippen molar-refractivity contribution in [2.24, 2.45) is 0 Å². The van der Waals surface area contributed by atoms with Crippen LogP contribution in [0.4, 0.5) is 11.4 Å². The Morgan fingerprint density at radius 2 is 1.17 bits per heavy atom. The number of halogens is 5. The Morgan fingerprint density at radius 3 is 1.54 bits per heavy atom. The van der Waals surface area contributed by atoms with Crippen LogP contribution in [0.3, 0.4) is 0 Å². The zero-order chi connectivity index (χ0) is 42.5. The summed E-state index contributed by atoms with van der Waals surface area (Å²) in [5.41, 5.74) is 3.93. The summed E-state index contributed by atoms with van der Waals surface area (Å²) in [6, 6.07) is 11.1. The third-order valence-corrected chi connectivity index (χ3v) is 7.45. The Labute approximate surface area is 397 Å². The molecule has 59 heavy (non-hydrogen) atoms. The van der Waals surface area contributed by atoms with Crippen LogP contribution < -0.4 is 44.9 Å². The summed E-state index contributed by atoms with van der Waals surface area (Å²) in [4.78, 5) is 36.1. The van der Waals surface area contributed by atoms with E-state index in [0.717, 1.165) is 40.2 Å². The second-order valence-electron chi connectivity index (χ2n) is 12.6. The van der Waals surface area contributed by atoms with E-state index >= 15 is 0 Å². The molecule has 6 heterocycles. The monoisotopic (exact) mass is 961 g/mol. The van der Waals surface area contributed by atoms with Crippen molar-refractivity contribution in [3.63, 3.8) is 0 Å². The van der Waals surface area contributed by atoms with Gasteiger partial charge in [0.05, 0.1) is 53.7 Å². The number of ketones is 1. The third-order valence-electron chi connectivity index (χ3n) is 6.58. The number of carbonyl (C=O) groups is 2. The largest absolute Gasteiger partial charge is 1.00 e. The number of Topliss-reactive ketones (excluding diaryl/α,β-unsaturated/α-hetero) is 1. The van der Waals surface area contributed by atoms with Crippen molar-refractivity contribution in [1.29, 1.82) is 0 Å². The minimum absolute atomic E-state index is 0. The maximum Gasteiger partial charge on any atom is 1.00 e. The molecular weight excluding hydrogens is 915 g/mol. The van der Waals surface area contributed by atoms with Crippen LogP contribution in [0.15, 0.2) is 92.2 Å². The van der Waals surface area contributed by atoms with Crippen LogP contribution in [0.25, 0.3) is 17.1 Å². The Bertz CT molecular complexity index is 2080. The quantitative estimate of drug-likeness (QED) is 0.141. The van der Waals surface area contributed by atoms with Gasteiger partial charge in [0, 0.05) is 62.1 Å². The first-order valence-electron chi connectivity index (χ1n) is 17.8. The summed E-state index contributed by atoms with van der Waals surface area (Å²) < 4.78 is 4.93. The van der Waals surface area contributed by atoms with Gasteiger partial charge in [-0.1, -0.05) is 78.4 Å². The summed E-state index contributed by atoms with van der Waals surface area (Å²) >= 11 is 21.1. The van der Waals surface area contributed by atoms with E-state index in [0.29, 0.717) is 34.1 Å². The van der Waals surface area contributed by atoms with Crippen LogP contribution in [-0.2, 0) is 16.0 Å². The van der Waals surface area contributed by atoms with E-state index in [-0.39, 0.29) is 53.7 Å². The van der Waals surface area contributed by atoms with Crippen LogP contribution in [0.1, 0.15) is 61.0 Å². The number of rotatable bonds is 9. The number of pyridine rings is 3. The van der Waals surface area contributed by atoms with Crippen LogP contribution >= 0.6 is 63.1 Å². The Balaban J connectivity index is 0.000000773. The molecule has 0 aliphatic carbocycles. The molecule has 0 fully saturated rings. The molecule has 0 bridgehead atoms. The number of alkyl halides is 1. The number of hydrogen-bond donors (Lipinski definition) is 1. The van der Waals surface area contributed by atoms with Gasteiger partial charge in [0.15, 0.2) is 15.5 Å². The van der Waals surface area contributed by atoms with Gasteiger partial charge in [0.25, 0.3) is 0 Å². The van der Waals surface area contributed by atoms with E-state index in [4.69, 9.17) is 34.8 Å². The van der Waals surface area contributed by atoms with Crippen molar-refractivity contribution in [2.75, 3.05) is 28.6 Å². The molecule has 6 rings (SSSR count). The molecular formula is C39H49BrCl4N11NaO3. The van der Waals surface area contributed by atoms with Gasteiger partial charge in [-0.15, -0.1) is 18.0 Å². The number of nitrogens with one attached hydrogen (secondary N) is 1. The van der Waals surface area contributed by atoms with Gasteiger partial charge in [0.1, 0.15) is 11.5 Å². The fourth-order valence-corrected chi connectivity index (χ4v) is 5.02. The first-order chi connectivity index (χ1) is 27.0. The van der Waals surface area contributed by atoms with Crippen LogP contribution in [0.2, 0.25) is 15.5 Å². The molecule has 14 nitrogen and oxygen atoms in total. The molecule has 0 aliphatic heterocycles. The maximum atomic E-state index is 11.5. The number of carbonyl (C=O) groups excluding carboxylic acids is 2. The zero-order valence-electron chi connectivity index (χ0n) is 34.6. The van der Waals surface area contributed by atoms with Gasteiger partial charge in [-0.3, -0.25) is 24.5 Å². The van der Waals surface area contributed by atoms with Crippen molar-refractivity contribution in [2.45, 2.75) is 67.4 Å². The van der Waals surface area contributed by atoms with Gasteiger partial charge in [-0.05, 0) is 57.2 Å². The Hall–Kier alpha value is -3.38. The van der Waals surface area contributed by atoms with Gasteiger partial charge in [-0.25, -0.2) is 14.0 Å². The molecule has 6 aromatic heterocycles. The molecule has 0 saturated carbocycles. The zero-order valence-corrected chi connectivity index (χ0v) is 41.3. The molecule has 0 unspecified atom stereocenters. The van der Waals surface area contributed by atoms with E-state index < -0.39 is 5.60 Å². The third kappa shape index (κ3) is 20.6. The number of hydrogen-bond acceptors (Lipinski definition) is 10. The van der Waals surface area contributed by atoms with E-state index in [2.05, 4.69) is 51.5 Å². The molecule has 0 spiro atoms. The fraction of sp³-hybridized carbons (Fsp3) is 0.333. The predicted octanol–water partition coefficient (Wildman–Crippen LogP) is 5.67. The van der Waals surface area contributed by atoms with Crippen molar-refractivity contribution in [1.82, 2.24) is 44.3 Å². The van der Waals surface area contributed by atoms with Crippen molar-refractivity contribution >= 4 is 86.2 Å². The first-order valence-corrected chi connectivity index (χ1v) is 20.0. The first kappa shape index (κ1) is 55.6. The van der Waals surface area contributed by atoms with Gasteiger partial charge >= 0.3 is 29.6 Å². The maximum absolute atomic E-state index is 11.5. The average Bonchev–Trinajstić information content (AvgIpc) is 3.85. The number of anilines is 2. The predicted molar refractivity (Wildman–Crippen MR) is 238 cm³/mol. The second kappa shape index (κ2) is 29.0. The Kier molecular flexibility index (Phi) is 27.3. The molecule has 1 N–H and O–H groups in total. The molecule has 20 heteroatoms. The van der Waals surface area contributed by atoms with Gasteiger partial charge in [-0.2, -0.15) is 15.3 Å². The summed E-state index contributed by atoms with van der Waals surface area (Å²) in [6.45, 7) is 15.2. The molecule has 0 saturated heterocycles. The summed E-state index contributed by atoms with van der Waals surface area (Å²) in [5.74, 6) is -0.00206. The van der Waals surface area contributed by atoms with E-state index in [1.807, 2.05) is 63.4 Å². The molecule has 6 aromatic rings. The molecule has 1 amide bonds. The Morgan fingerprint density at radius 1 is 0.763 bits per heavy atom. The summed E-state index contributed by atoms with van der Waals surface area (Å²) in [5, 5.41) is 27.9. The minimum Gasteiger partial charge on any atom is -0.850 e.